The minimum atomic E-state index is -0.180. The van der Waals surface area contributed by atoms with Crippen LogP contribution in [0, 0.1) is 0 Å². The third-order valence-corrected chi connectivity index (χ3v) is 3.72. The highest BCUT2D eigenvalue weighted by Gasteiger charge is 2.24. The highest BCUT2D eigenvalue weighted by Crippen LogP contribution is 2.31. The normalized spacial score (nSPS) is 11.9. The molecule has 0 aliphatic heterocycles. The van der Waals surface area contributed by atoms with Crippen LogP contribution >= 0.6 is 11.6 Å². The quantitative estimate of drug-likeness (QED) is 0.790. The highest BCUT2D eigenvalue weighted by atomic mass is 35.5. The number of carbonyl (C=O) groups is 1. The van der Waals surface area contributed by atoms with Crippen LogP contribution in [0.2, 0.25) is 5.02 Å². The van der Waals surface area contributed by atoms with Gasteiger partial charge in [-0.05, 0) is 31.5 Å². The molecule has 0 aliphatic carbocycles. The standard InChI is InChI=1S/C16H22ClN3O/c1-10(2)20-15(21)19-9-16(3,4)13-8-18-14-7-11(17)5-6-12(13)14/h5-8,10,18H,9H2,1-4H3,(H2,19,20,21). The molecule has 0 aliphatic rings. The molecule has 2 rings (SSSR count). The van der Waals surface area contributed by atoms with E-state index in [1.54, 1.807) is 0 Å². The van der Waals surface area contributed by atoms with Crippen LogP contribution in [0.4, 0.5) is 4.79 Å². The highest BCUT2D eigenvalue weighted by molar-refractivity contribution is 6.31. The van der Waals surface area contributed by atoms with Crippen LogP contribution in [-0.2, 0) is 5.41 Å². The van der Waals surface area contributed by atoms with Crippen molar-refractivity contribution in [1.29, 1.82) is 0 Å². The number of halogens is 1. The summed E-state index contributed by atoms with van der Waals surface area (Å²) in [7, 11) is 0. The summed E-state index contributed by atoms with van der Waals surface area (Å²) in [6.45, 7) is 8.66. The van der Waals surface area contributed by atoms with E-state index in [1.807, 2.05) is 38.2 Å². The van der Waals surface area contributed by atoms with Gasteiger partial charge in [0.05, 0.1) is 0 Å². The summed E-state index contributed by atoms with van der Waals surface area (Å²) in [5, 5.41) is 7.60. The summed E-state index contributed by atoms with van der Waals surface area (Å²) >= 11 is 6.01. The molecule has 114 valence electrons. The molecule has 0 radical (unpaired) electrons. The van der Waals surface area contributed by atoms with Crippen molar-refractivity contribution in [3.8, 4) is 0 Å². The van der Waals surface area contributed by atoms with Crippen molar-refractivity contribution in [2.24, 2.45) is 0 Å². The number of nitrogens with one attached hydrogen (secondary N) is 3. The summed E-state index contributed by atoms with van der Waals surface area (Å²) in [6.07, 6.45) is 1.99. The fourth-order valence-corrected chi connectivity index (χ4v) is 2.54. The molecule has 0 bridgehead atoms. The summed E-state index contributed by atoms with van der Waals surface area (Å²) in [6, 6.07) is 5.80. The number of carbonyl (C=O) groups excluding carboxylic acids is 1. The Morgan fingerprint density at radius 1 is 1.38 bits per heavy atom. The molecule has 3 N–H and O–H groups in total. The summed E-state index contributed by atoms with van der Waals surface area (Å²) in [5.41, 5.74) is 2.00. The van der Waals surface area contributed by atoms with E-state index in [-0.39, 0.29) is 17.5 Å². The maximum absolute atomic E-state index is 11.7. The lowest BCUT2D eigenvalue weighted by Gasteiger charge is -2.25. The molecule has 0 saturated carbocycles. The van der Waals surface area contributed by atoms with E-state index in [9.17, 15) is 4.79 Å². The van der Waals surface area contributed by atoms with E-state index in [4.69, 9.17) is 11.6 Å². The zero-order valence-corrected chi connectivity index (χ0v) is 13.6. The molecule has 5 heteroatoms. The van der Waals surface area contributed by atoms with Gasteiger partial charge < -0.3 is 15.6 Å². The molecule has 1 heterocycles. The monoisotopic (exact) mass is 307 g/mol. The number of hydrogen-bond donors (Lipinski definition) is 3. The van der Waals surface area contributed by atoms with Gasteiger partial charge in [-0.25, -0.2) is 4.79 Å². The second kappa shape index (κ2) is 5.98. The Balaban J connectivity index is 2.16. The van der Waals surface area contributed by atoms with Gasteiger partial charge in [-0.1, -0.05) is 31.5 Å². The third-order valence-electron chi connectivity index (χ3n) is 3.48. The molecule has 0 saturated heterocycles. The Kier molecular flexibility index (Phi) is 4.47. The van der Waals surface area contributed by atoms with Crippen molar-refractivity contribution >= 4 is 28.5 Å². The number of aromatic amines is 1. The molecule has 1 aromatic heterocycles. The number of amides is 2. The number of rotatable bonds is 4. The van der Waals surface area contributed by atoms with Gasteiger partial charge in [-0.2, -0.15) is 0 Å². The summed E-state index contributed by atoms with van der Waals surface area (Å²) in [5.74, 6) is 0. The fourth-order valence-electron chi connectivity index (χ4n) is 2.37. The van der Waals surface area contributed by atoms with Gasteiger partial charge in [0, 0.05) is 40.1 Å². The van der Waals surface area contributed by atoms with Crippen molar-refractivity contribution in [1.82, 2.24) is 15.6 Å². The van der Waals surface area contributed by atoms with Gasteiger partial charge in [-0.15, -0.1) is 0 Å². The predicted molar refractivity (Wildman–Crippen MR) is 88.0 cm³/mol. The van der Waals surface area contributed by atoms with Crippen LogP contribution in [0.1, 0.15) is 33.3 Å². The number of urea groups is 1. The zero-order chi connectivity index (χ0) is 15.6. The second-order valence-electron chi connectivity index (χ2n) is 6.26. The van der Waals surface area contributed by atoms with Crippen LogP contribution in [-0.4, -0.2) is 23.6 Å². The first-order valence-corrected chi connectivity index (χ1v) is 7.49. The second-order valence-corrected chi connectivity index (χ2v) is 6.69. The minimum absolute atomic E-state index is 0.128. The Bertz CT molecular complexity index is 646. The van der Waals surface area contributed by atoms with E-state index in [0.29, 0.717) is 11.6 Å². The van der Waals surface area contributed by atoms with Gasteiger partial charge in [0.15, 0.2) is 0 Å². The van der Waals surface area contributed by atoms with Crippen molar-refractivity contribution < 1.29 is 4.79 Å². The molecule has 2 aromatic rings. The Labute approximate surface area is 130 Å². The Morgan fingerprint density at radius 3 is 2.76 bits per heavy atom. The minimum Gasteiger partial charge on any atom is -0.361 e. The maximum atomic E-state index is 11.7. The molecule has 2 amide bonds. The first kappa shape index (κ1) is 15.7. The van der Waals surface area contributed by atoms with Crippen molar-refractivity contribution in [2.75, 3.05) is 6.54 Å². The first-order valence-electron chi connectivity index (χ1n) is 7.11. The summed E-state index contributed by atoms with van der Waals surface area (Å²) < 4.78 is 0. The average molecular weight is 308 g/mol. The number of benzene rings is 1. The number of fused-ring (bicyclic) bond motifs is 1. The van der Waals surface area contributed by atoms with Gasteiger partial charge >= 0.3 is 6.03 Å². The molecule has 0 spiro atoms. The molecule has 0 atom stereocenters. The largest absolute Gasteiger partial charge is 0.361 e. The van der Waals surface area contributed by atoms with Crippen LogP contribution in [0.15, 0.2) is 24.4 Å². The van der Waals surface area contributed by atoms with Crippen molar-refractivity contribution in [2.45, 2.75) is 39.2 Å². The lowest BCUT2D eigenvalue weighted by Crippen LogP contribution is -2.44. The van der Waals surface area contributed by atoms with E-state index in [0.717, 1.165) is 10.9 Å². The van der Waals surface area contributed by atoms with Crippen LogP contribution < -0.4 is 10.6 Å². The van der Waals surface area contributed by atoms with Crippen LogP contribution in [0.5, 0.6) is 0 Å². The SMILES string of the molecule is CC(C)NC(=O)NCC(C)(C)c1c[nH]c2cc(Cl)ccc12. The van der Waals surface area contributed by atoms with Gasteiger partial charge in [-0.3, -0.25) is 0 Å². The third kappa shape index (κ3) is 3.70. The molecule has 21 heavy (non-hydrogen) atoms. The molecule has 0 fully saturated rings. The lowest BCUT2D eigenvalue weighted by molar-refractivity contribution is 0.236. The first-order chi connectivity index (χ1) is 9.79. The number of aromatic nitrogens is 1. The van der Waals surface area contributed by atoms with Crippen LogP contribution in [0.3, 0.4) is 0 Å². The molecule has 4 nitrogen and oxygen atoms in total. The van der Waals surface area contributed by atoms with Gasteiger partial charge in [0.25, 0.3) is 0 Å². The molecule has 0 unspecified atom stereocenters. The van der Waals surface area contributed by atoms with Gasteiger partial charge in [0.1, 0.15) is 0 Å². The Hall–Kier alpha value is -1.68. The van der Waals surface area contributed by atoms with E-state index >= 15 is 0 Å². The predicted octanol–water partition coefficient (Wildman–Crippen LogP) is 3.81. The number of H-pyrrole nitrogens is 1. The lowest BCUT2D eigenvalue weighted by atomic mass is 9.84. The topological polar surface area (TPSA) is 56.9 Å². The van der Waals surface area contributed by atoms with Crippen LogP contribution in [0.25, 0.3) is 10.9 Å². The van der Waals surface area contributed by atoms with Crippen molar-refractivity contribution in [3.05, 3.63) is 35.0 Å². The average Bonchev–Trinajstić information content (AvgIpc) is 2.79. The summed E-state index contributed by atoms with van der Waals surface area (Å²) in [4.78, 5) is 15.0. The molecular weight excluding hydrogens is 286 g/mol. The zero-order valence-electron chi connectivity index (χ0n) is 12.9. The molecule has 1 aromatic carbocycles. The van der Waals surface area contributed by atoms with E-state index in [2.05, 4.69) is 29.5 Å². The molecular formula is C16H22ClN3O. The van der Waals surface area contributed by atoms with E-state index < -0.39 is 0 Å². The van der Waals surface area contributed by atoms with E-state index in [1.165, 1.54) is 5.56 Å². The number of hydrogen-bond acceptors (Lipinski definition) is 1. The van der Waals surface area contributed by atoms with Crippen molar-refractivity contribution in [3.63, 3.8) is 0 Å². The Morgan fingerprint density at radius 2 is 2.10 bits per heavy atom. The van der Waals surface area contributed by atoms with Gasteiger partial charge in [0.2, 0.25) is 0 Å². The fraction of sp³-hybridized carbons (Fsp3) is 0.438. The smallest absolute Gasteiger partial charge is 0.315 e. The maximum Gasteiger partial charge on any atom is 0.315 e.